The van der Waals surface area contributed by atoms with Crippen molar-refractivity contribution in [3.8, 4) is 6.07 Å². The number of rotatable bonds is 7. The lowest BCUT2D eigenvalue weighted by molar-refractivity contribution is 0.613. The van der Waals surface area contributed by atoms with Crippen LogP contribution in [0.4, 0.5) is 0 Å². The Morgan fingerprint density at radius 1 is 1.38 bits per heavy atom. The molecule has 0 amide bonds. The fraction of sp³-hybridized carbons (Fsp3) is 0.462. The zero-order chi connectivity index (χ0) is 11.6. The highest BCUT2D eigenvalue weighted by atomic mass is 32.2. The molecule has 1 unspecified atom stereocenters. The molecule has 0 aliphatic carbocycles. The van der Waals surface area contributed by atoms with E-state index in [1.165, 1.54) is 5.56 Å². The smallest absolute Gasteiger partial charge is 0.0960 e. The topological polar surface area (TPSA) is 35.8 Å². The largest absolute Gasteiger partial charge is 0.302 e. The summed E-state index contributed by atoms with van der Waals surface area (Å²) in [4.78, 5) is 0. The van der Waals surface area contributed by atoms with Gasteiger partial charge in [-0.15, -0.1) is 0 Å². The van der Waals surface area contributed by atoms with Gasteiger partial charge in [0, 0.05) is 5.75 Å². The average Bonchev–Trinajstić information content (AvgIpc) is 2.34. The molecule has 1 rings (SSSR count). The van der Waals surface area contributed by atoms with E-state index in [1.54, 1.807) is 0 Å². The second kappa shape index (κ2) is 8.20. The lowest BCUT2D eigenvalue weighted by Gasteiger charge is -2.08. The number of thioether (sulfide) groups is 1. The van der Waals surface area contributed by atoms with Gasteiger partial charge in [-0.25, -0.2) is 0 Å². The highest BCUT2D eigenvalue weighted by molar-refractivity contribution is 7.98. The summed E-state index contributed by atoms with van der Waals surface area (Å²) in [5.74, 6) is 2.06. The molecule has 2 nitrogen and oxygen atoms in total. The van der Waals surface area contributed by atoms with E-state index in [0.29, 0.717) is 0 Å². The van der Waals surface area contributed by atoms with Crippen molar-refractivity contribution < 1.29 is 0 Å². The van der Waals surface area contributed by atoms with Gasteiger partial charge in [0.2, 0.25) is 0 Å². The number of hydrogen-bond donors (Lipinski definition) is 1. The molecule has 1 atom stereocenters. The van der Waals surface area contributed by atoms with Crippen molar-refractivity contribution in [2.45, 2.75) is 25.1 Å². The Bertz CT molecular complexity index is 318. The molecule has 1 N–H and O–H groups in total. The SMILES string of the molecule is CCNC(C#N)CCSCc1ccccc1. The zero-order valence-electron chi connectivity index (χ0n) is 9.65. The van der Waals surface area contributed by atoms with Crippen molar-refractivity contribution in [3.63, 3.8) is 0 Å². The van der Waals surface area contributed by atoms with Crippen molar-refractivity contribution in [2.24, 2.45) is 0 Å². The van der Waals surface area contributed by atoms with E-state index in [2.05, 4.69) is 35.7 Å². The van der Waals surface area contributed by atoms with Crippen molar-refractivity contribution >= 4 is 11.8 Å². The molecule has 0 spiro atoms. The molecule has 1 aromatic carbocycles. The van der Waals surface area contributed by atoms with Crippen molar-refractivity contribution in [2.75, 3.05) is 12.3 Å². The molecule has 0 aromatic heterocycles. The van der Waals surface area contributed by atoms with E-state index < -0.39 is 0 Å². The highest BCUT2D eigenvalue weighted by Gasteiger charge is 2.04. The quantitative estimate of drug-likeness (QED) is 0.737. The molecule has 86 valence electrons. The lowest BCUT2D eigenvalue weighted by atomic mass is 10.2. The van der Waals surface area contributed by atoms with Crippen molar-refractivity contribution in [3.05, 3.63) is 35.9 Å². The van der Waals surface area contributed by atoms with Crippen LogP contribution in [0.5, 0.6) is 0 Å². The zero-order valence-corrected chi connectivity index (χ0v) is 10.5. The number of nitriles is 1. The van der Waals surface area contributed by atoms with E-state index >= 15 is 0 Å². The molecule has 0 radical (unpaired) electrons. The van der Waals surface area contributed by atoms with Gasteiger partial charge < -0.3 is 5.32 Å². The molecule has 1 aromatic rings. The van der Waals surface area contributed by atoms with Gasteiger partial charge in [0.1, 0.15) is 0 Å². The van der Waals surface area contributed by atoms with Gasteiger partial charge in [-0.2, -0.15) is 17.0 Å². The van der Waals surface area contributed by atoms with Gasteiger partial charge >= 0.3 is 0 Å². The number of benzene rings is 1. The van der Waals surface area contributed by atoms with Crippen molar-refractivity contribution in [1.29, 1.82) is 5.26 Å². The first kappa shape index (κ1) is 13.1. The Kier molecular flexibility index (Phi) is 6.71. The molecule has 0 aliphatic heterocycles. The molecule has 0 heterocycles. The van der Waals surface area contributed by atoms with Crippen LogP contribution in [0.1, 0.15) is 18.9 Å². The molecular formula is C13H18N2S. The Morgan fingerprint density at radius 2 is 2.12 bits per heavy atom. The molecule has 3 heteroatoms. The lowest BCUT2D eigenvalue weighted by Crippen LogP contribution is -2.27. The van der Waals surface area contributed by atoms with Crippen LogP contribution in [0.25, 0.3) is 0 Å². The van der Waals surface area contributed by atoms with Crippen LogP contribution in [0.2, 0.25) is 0 Å². The Hall–Kier alpha value is -0.980. The van der Waals surface area contributed by atoms with Crippen molar-refractivity contribution in [1.82, 2.24) is 5.32 Å². The molecule has 0 fully saturated rings. The summed E-state index contributed by atoms with van der Waals surface area (Å²) < 4.78 is 0. The minimum atomic E-state index is 0.00766. The van der Waals surface area contributed by atoms with Crippen LogP contribution < -0.4 is 5.32 Å². The molecule has 0 aliphatic rings. The maximum atomic E-state index is 8.85. The van der Waals surface area contributed by atoms with Crippen LogP contribution in [0.3, 0.4) is 0 Å². The third-order valence-electron chi connectivity index (χ3n) is 2.27. The van der Waals surface area contributed by atoms with Crippen LogP contribution in [0.15, 0.2) is 30.3 Å². The fourth-order valence-corrected chi connectivity index (χ4v) is 2.40. The Balaban J connectivity index is 2.14. The summed E-state index contributed by atoms with van der Waals surface area (Å²) in [6, 6.07) is 12.7. The average molecular weight is 234 g/mol. The third kappa shape index (κ3) is 5.20. The molecule has 0 saturated carbocycles. The normalized spacial score (nSPS) is 12.0. The fourth-order valence-electron chi connectivity index (χ4n) is 1.42. The van der Waals surface area contributed by atoms with Crippen LogP contribution in [-0.2, 0) is 5.75 Å². The Morgan fingerprint density at radius 3 is 2.75 bits per heavy atom. The highest BCUT2D eigenvalue weighted by Crippen LogP contribution is 2.13. The second-order valence-electron chi connectivity index (χ2n) is 3.57. The predicted octanol–water partition coefficient (Wildman–Crippen LogP) is 2.81. The van der Waals surface area contributed by atoms with Crippen LogP contribution in [0, 0.1) is 11.3 Å². The second-order valence-corrected chi connectivity index (χ2v) is 4.67. The Labute approximate surface area is 102 Å². The first-order valence-corrected chi connectivity index (χ1v) is 6.77. The monoisotopic (exact) mass is 234 g/mol. The number of nitrogens with one attached hydrogen (secondary N) is 1. The summed E-state index contributed by atoms with van der Waals surface area (Å²) in [5, 5.41) is 12.0. The summed E-state index contributed by atoms with van der Waals surface area (Å²) in [6.07, 6.45) is 0.918. The molecule has 0 saturated heterocycles. The molecule has 16 heavy (non-hydrogen) atoms. The van der Waals surface area contributed by atoms with Crippen LogP contribution in [-0.4, -0.2) is 18.3 Å². The van der Waals surface area contributed by atoms with E-state index in [1.807, 2.05) is 24.8 Å². The summed E-state index contributed by atoms with van der Waals surface area (Å²) in [6.45, 7) is 2.89. The minimum absolute atomic E-state index is 0.00766. The van der Waals surface area contributed by atoms with E-state index in [9.17, 15) is 0 Å². The molecular weight excluding hydrogens is 216 g/mol. The molecule has 0 bridgehead atoms. The van der Waals surface area contributed by atoms with Gasteiger partial charge in [0.15, 0.2) is 0 Å². The van der Waals surface area contributed by atoms with Gasteiger partial charge in [-0.1, -0.05) is 37.3 Å². The van der Waals surface area contributed by atoms with Gasteiger partial charge in [0.25, 0.3) is 0 Å². The first-order chi connectivity index (χ1) is 7.86. The van der Waals surface area contributed by atoms with E-state index in [-0.39, 0.29) is 6.04 Å². The third-order valence-corrected chi connectivity index (χ3v) is 3.33. The summed E-state index contributed by atoms with van der Waals surface area (Å²) >= 11 is 1.88. The maximum Gasteiger partial charge on any atom is 0.0960 e. The minimum Gasteiger partial charge on any atom is -0.302 e. The van der Waals surface area contributed by atoms with Gasteiger partial charge in [-0.05, 0) is 24.3 Å². The van der Waals surface area contributed by atoms with Gasteiger partial charge in [-0.3, -0.25) is 0 Å². The number of nitrogens with zero attached hydrogens (tertiary/aromatic N) is 1. The van der Waals surface area contributed by atoms with E-state index in [4.69, 9.17) is 5.26 Å². The van der Waals surface area contributed by atoms with E-state index in [0.717, 1.165) is 24.5 Å². The summed E-state index contributed by atoms with van der Waals surface area (Å²) in [5.41, 5.74) is 1.35. The van der Waals surface area contributed by atoms with Gasteiger partial charge in [0.05, 0.1) is 12.1 Å². The standard InChI is InChI=1S/C13H18N2S/c1-2-15-13(10-14)8-9-16-11-12-6-4-3-5-7-12/h3-7,13,15H,2,8-9,11H2,1H3. The maximum absolute atomic E-state index is 8.85. The summed E-state index contributed by atoms with van der Waals surface area (Å²) in [7, 11) is 0. The predicted molar refractivity (Wildman–Crippen MR) is 70.3 cm³/mol. The number of hydrogen-bond acceptors (Lipinski definition) is 3. The first-order valence-electron chi connectivity index (χ1n) is 5.61. The van der Waals surface area contributed by atoms with Crippen LogP contribution >= 0.6 is 11.8 Å².